The van der Waals surface area contributed by atoms with Gasteiger partial charge in [0.15, 0.2) is 11.6 Å². The number of ether oxygens (including phenoxy) is 1. The zero-order valence-electron chi connectivity index (χ0n) is 28.4. The van der Waals surface area contributed by atoms with Crippen LogP contribution < -0.4 is 15.4 Å². The van der Waals surface area contributed by atoms with Crippen LogP contribution in [0.4, 0.5) is 10.2 Å². The summed E-state index contributed by atoms with van der Waals surface area (Å²) in [6.07, 6.45) is 7.05. The molecule has 1 spiro atoms. The highest BCUT2D eigenvalue weighted by Gasteiger charge is 2.46. The summed E-state index contributed by atoms with van der Waals surface area (Å²) < 4.78 is 49.4. The molecule has 0 saturated carbocycles. The summed E-state index contributed by atoms with van der Waals surface area (Å²) in [5.41, 5.74) is 6.18. The van der Waals surface area contributed by atoms with Crippen LogP contribution in [0, 0.1) is 17.2 Å². The fourth-order valence-corrected chi connectivity index (χ4v) is 9.41. The van der Waals surface area contributed by atoms with Crippen molar-refractivity contribution in [3.05, 3.63) is 42.1 Å². The minimum atomic E-state index is -3.37. The first-order valence-electron chi connectivity index (χ1n) is 16.9. The van der Waals surface area contributed by atoms with Gasteiger partial charge >= 0.3 is 0 Å². The monoisotopic (exact) mass is 708 g/mol. The second-order valence-corrected chi connectivity index (χ2v) is 16.4. The van der Waals surface area contributed by atoms with Gasteiger partial charge in [-0.3, -0.25) is 4.79 Å². The van der Waals surface area contributed by atoms with E-state index in [1.54, 1.807) is 15.4 Å². The summed E-state index contributed by atoms with van der Waals surface area (Å²) >= 11 is 0. The maximum Gasteiger partial charge on any atom is 0.282 e. The van der Waals surface area contributed by atoms with E-state index in [2.05, 4.69) is 19.8 Å². The van der Waals surface area contributed by atoms with Crippen molar-refractivity contribution in [2.75, 3.05) is 63.8 Å². The third kappa shape index (κ3) is 7.58. The molecule has 4 aliphatic rings. The summed E-state index contributed by atoms with van der Waals surface area (Å²) in [5, 5.41) is 0. The highest BCUT2D eigenvalue weighted by Crippen LogP contribution is 2.45. The number of benzene rings is 1. The Labute approximate surface area is 290 Å². The molecule has 0 aliphatic carbocycles. The van der Waals surface area contributed by atoms with Gasteiger partial charge < -0.3 is 25.2 Å². The Hall–Kier alpha value is -2.62. The van der Waals surface area contributed by atoms with Gasteiger partial charge in [-0.15, -0.1) is 12.4 Å². The van der Waals surface area contributed by atoms with E-state index in [1.165, 1.54) is 28.8 Å². The van der Waals surface area contributed by atoms with Gasteiger partial charge in [0.1, 0.15) is 17.9 Å². The molecular weight excluding hydrogens is 659 g/mol. The number of likely N-dealkylation sites (tertiary alicyclic amines) is 1. The Kier molecular flexibility index (Phi) is 11.2. The predicted molar refractivity (Wildman–Crippen MR) is 185 cm³/mol. The van der Waals surface area contributed by atoms with Gasteiger partial charge in [-0.05, 0) is 90.6 Å². The third-order valence-corrected chi connectivity index (χ3v) is 12.3. The van der Waals surface area contributed by atoms with Gasteiger partial charge in [-0.25, -0.2) is 14.4 Å². The average Bonchev–Trinajstić information content (AvgIpc) is 3.00. The molecule has 15 heteroatoms. The number of halogens is 2. The summed E-state index contributed by atoms with van der Waals surface area (Å²) in [4.78, 5) is 28.7. The Morgan fingerprint density at radius 2 is 1.69 bits per heavy atom. The summed E-state index contributed by atoms with van der Waals surface area (Å²) in [6.45, 7) is 14.5. The summed E-state index contributed by atoms with van der Waals surface area (Å²) in [5.74, 6) is 1.10. The van der Waals surface area contributed by atoms with Crippen molar-refractivity contribution < 1.29 is 22.3 Å². The second kappa shape index (κ2) is 14.7. The lowest BCUT2D eigenvalue weighted by Crippen LogP contribution is -2.62. The molecule has 0 atom stereocenters. The number of carbonyl (C=O) groups excluding carboxylic acids is 1. The Morgan fingerprint density at radius 1 is 1.04 bits per heavy atom. The van der Waals surface area contributed by atoms with Crippen molar-refractivity contribution in [2.45, 2.75) is 71.5 Å². The molecule has 12 nitrogen and oxygen atoms in total. The van der Waals surface area contributed by atoms with E-state index in [4.69, 9.17) is 10.5 Å². The normalized spacial score (nSPS) is 21.2. The lowest BCUT2D eigenvalue weighted by molar-refractivity contribution is 0.0606. The number of carbonyl (C=O) groups is 1. The third-order valence-electron chi connectivity index (χ3n) is 10.3. The van der Waals surface area contributed by atoms with Crippen molar-refractivity contribution >= 4 is 34.3 Å². The van der Waals surface area contributed by atoms with Crippen LogP contribution in [0.3, 0.4) is 0 Å². The van der Waals surface area contributed by atoms with E-state index in [-0.39, 0.29) is 53.2 Å². The topological polar surface area (TPSA) is 128 Å². The fraction of sp³-hybridized carbons (Fsp3) is 0.667. The van der Waals surface area contributed by atoms with Crippen molar-refractivity contribution in [3.63, 3.8) is 0 Å². The maximum atomic E-state index is 14.4. The SMILES string of the molecule is CC(C)N(C(=O)c1cc(F)ccc1Oc1cncnc1N1CC2(CCN(CC3CCN(S(=O)(=O)N4CC(N)C4)CC3)CC2)C1)C(C)C.Cl. The lowest BCUT2D eigenvalue weighted by Gasteiger charge is -2.54. The summed E-state index contributed by atoms with van der Waals surface area (Å²) in [7, 11) is -3.37. The van der Waals surface area contributed by atoms with E-state index in [0.717, 1.165) is 58.4 Å². The molecule has 1 aromatic heterocycles. The van der Waals surface area contributed by atoms with Crippen molar-refractivity contribution in [3.8, 4) is 11.5 Å². The first-order chi connectivity index (χ1) is 22.3. The van der Waals surface area contributed by atoms with Gasteiger partial charge in [0, 0.05) is 69.4 Å². The molecule has 4 saturated heterocycles. The molecule has 1 aromatic carbocycles. The van der Waals surface area contributed by atoms with Gasteiger partial charge in [-0.2, -0.15) is 17.0 Å². The van der Waals surface area contributed by atoms with Gasteiger partial charge in [0.05, 0.1) is 11.8 Å². The molecule has 0 bridgehead atoms. The van der Waals surface area contributed by atoms with E-state index in [0.29, 0.717) is 43.7 Å². The molecule has 2 N–H and O–H groups in total. The molecule has 2 aromatic rings. The van der Waals surface area contributed by atoms with Gasteiger partial charge in [0.25, 0.3) is 16.1 Å². The molecule has 48 heavy (non-hydrogen) atoms. The van der Waals surface area contributed by atoms with Crippen LogP contribution in [0.15, 0.2) is 30.7 Å². The predicted octanol–water partition coefficient (Wildman–Crippen LogP) is 3.59. The van der Waals surface area contributed by atoms with Crippen molar-refractivity contribution in [2.24, 2.45) is 17.1 Å². The van der Waals surface area contributed by atoms with E-state index >= 15 is 0 Å². The molecule has 4 fully saturated rings. The standard InChI is InChI=1S/C33H49FN8O4S.ClH/c1-23(2)42(24(3)4)32(43)28-15-26(34)5-6-29(28)46-30-16-36-22-37-31(30)39-20-33(21-39)9-13-38(14-10-33)17-25-7-11-40(12-8-25)47(44,45)41-18-27(35)19-41;/h5-6,15-16,22-25,27H,7-14,17-21,35H2,1-4H3;1H. The van der Waals surface area contributed by atoms with Crippen LogP contribution in [0.5, 0.6) is 11.5 Å². The molecule has 6 rings (SSSR count). The number of rotatable bonds is 10. The lowest BCUT2D eigenvalue weighted by atomic mass is 9.72. The molecule has 266 valence electrons. The Bertz CT molecular complexity index is 1530. The largest absolute Gasteiger partial charge is 0.451 e. The number of nitrogens with zero attached hydrogens (tertiary/aromatic N) is 7. The molecule has 0 unspecified atom stereocenters. The maximum absolute atomic E-state index is 14.4. The van der Waals surface area contributed by atoms with E-state index in [1.807, 2.05) is 27.7 Å². The van der Waals surface area contributed by atoms with Crippen LogP contribution in [0.25, 0.3) is 0 Å². The summed E-state index contributed by atoms with van der Waals surface area (Å²) in [6, 6.07) is 3.86. The highest BCUT2D eigenvalue weighted by atomic mass is 35.5. The zero-order chi connectivity index (χ0) is 33.5. The fourth-order valence-electron chi connectivity index (χ4n) is 7.65. The molecule has 5 heterocycles. The zero-order valence-corrected chi connectivity index (χ0v) is 30.1. The van der Waals surface area contributed by atoms with Crippen LogP contribution in [-0.4, -0.2) is 120 Å². The first-order valence-corrected chi connectivity index (χ1v) is 18.3. The van der Waals surface area contributed by atoms with Crippen LogP contribution in [0.1, 0.15) is 63.7 Å². The minimum Gasteiger partial charge on any atom is -0.451 e. The van der Waals surface area contributed by atoms with E-state index < -0.39 is 16.0 Å². The van der Waals surface area contributed by atoms with Crippen molar-refractivity contribution in [1.82, 2.24) is 28.4 Å². The number of piperidine rings is 2. The number of aromatic nitrogens is 2. The smallest absolute Gasteiger partial charge is 0.282 e. The number of hydrogen-bond acceptors (Lipinski definition) is 9. The van der Waals surface area contributed by atoms with E-state index in [9.17, 15) is 17.6 Å². The average molecular weight is 709 g/mol. The minimum absolute atomic E-state index is 0. The highest BCUT2D eigenvalue weighted by molar-refractivity contribution is 7.86. The number of nitrogens with two attached hydrogens (primary N) is 1. The van der Waals surface area contributed by atoms with Crippen LogP contribution in [-0.2, 0) is 10.2 Å². The molecule has 1 amide bonds. The van der Waals surface area contributed by atoms with Crippen LogP contribution >= 0.6 is 12.4 Å². The molecule has 0 radical (unpaired) electrons. The molecular formula is C33H50ClFN8O4S. The number of hydrogen-bond donors (Lipinski definition) is 1. The second-order valence-electron chi connectivity index (χ2n) is 14.4. The number of amides is 1. The Morgan fingerprint density at radius 3 is 2.29 bits per heavy atom. The quantitative estimate of drug-likeness (QED) is 0.394. The van der Waals surface area contributed by atoms with Gasteiger partial charge in [-0.1, -0.05) is 0 Å². The first kappa shape index (κ1) is 36.7. The Balaban J connectivity index is 0.00000451. The molecule has 4 aliphatic heterocycles. The van der Waals surface area contributed by atoms with Crippen molar-refractivity contribution in [1.29, 1.82) is 0 Å². The van der Waals surface area contributed by atoms with Crippen LogP contribution in [0.2, 0.25) is 0 Å². The number of anilines is 1. The van der Waals surface area contributed by atoms with Gasteiger partial charge in [0.2, 0.25) is 0 Å².